The van der Waals surface area contributed by atoms with E-state index in [-0.39, 0.29) is 0 Å². The van der Waals surface area contributed by atoms with E-state index in [4.69, 9.17) is 4.74 Å². The minimum absolute atomic E-state index is 0.480. The molecule has 0 spiro atoms. The molecule has 2 aliphatic rings. The van der Waals surface area contributed by atoms with E-state index in [0.29, 0.717) is 6.10 Å². The molecule has 2 rings (SSSR count). The number of ether oxygens (including phenoxy) is 1. The zero-order valence-corrected chi connectivity index (χ0v) is 10.0. The molecule has 3 nitrogen and oxygen atoms in total. The fourth-order valence-electron chi connectivity index (χ4n) is 3.13. The molecule has 1 aliphatic heterocycles. The molecule has 88 valence electrons. The first-order valence-corrected chi connectivity index (χ1v) is 6.35. The van der Waals surface area contributed by atoms with Crippen molar-refractivity contribution in [1.82, 2.24) is 10.2 Å². The Morgan fingerprint density at radius 1 is 1.33 bits per heavy atom. The lowest BCUT2D eigenvalue weighted by Gasteiger charge is -2.29. The molecule has 0 amide bonds. The van der Waals surface area contributed by atoms with Crippen LogP contribution in [0.15, 0.2) is 0 Å². The highest BCUT2D eigenvalue weighted by Crippen LogP contribution is 2.27. The predicted molar refractivity (Wildman–Crippen MR) is 62.1 cm³/mol. The highest BCUT2D eigenvalue weighted by Gasteiger charge is 2.35. The van der Waals surface area contributed by atoms with Crippen molar-refractivity contribution in [2.24, 2.45) is 0 Å². The number of hydrogen-bond acceptors (Lipinski definition) is 3. The number of nitrogens with zero attached hydrogens (tertiary/aromatic N) is 1. The number of likely N-dealkylation sites (N-methyl/N-ethyl adjacent to an activating group) is 1. The van der Waals surface area contributed by atoms with Gasteiger partial charge in [0.15, 0.2) is 0 Å². The van der Waals surface area contributed by atoms with E-state index >= 15 is 0 Å². The van der Waals surface area contributed by atoms with Crippen molar-refractivity contribution in [3.05, 3.63) is 0 Å². The Labute approximate surface area is 93.2 Å². The van der Waals surface area contributed by atoms with E-state index < -0.39 is 0 Å². The molecule has 2 fully saturated rings. The maximum atomic E-state index is 5.43. The van der Waals surface area contributed by atoms with Crippen molar-refractivity contribution in [2.45, 2.75) is 50.8 Å². The van der Waals surface area contributed by atoms with Crippen molar-refractivity contribution in [3.8, 4) is 0 Å². The summed E-state index contributed by atoms with van der Waals surface area (Å²) < 4.78 is 5.43. The zero-order valence-electron chi connectivity index (χ0n) is 10.0. The van der Waals surface area contributed by atoms with Gasteiger partial charge in [-0.3, -0.25) is 4.90 Å². The van der Waals surface area contributed by atoms with Crippen LogP contribution in [0.5, 0.6) is 0 Å². The summed E-state index contributed by atoms with van der Waals surface area (Å²) in [5.74, 6) is 0. The summed E-state index contributed by atoms with van der Waals surface area (Å²) >= 11 is 0. The lowest BCUT2D eigenvalue weighted by molar-refractivity contribution is 0.0981. The molecule has 0 bridgehead atoms. The number of likely N-dealkylation sites (tertiary alicyclic amines) is 1. The highest BCUT2D eigenvalue weighted by molar-refractivity contribution is 4.93. The van der Waals surface area contributed by atoms with E-state index in [0.717, 1.165) is 25.2 Å². The molecular formula is C12H24N2O. The summed E-state index contributed by atoms with van der Waals surface area (Å²) in [5, 5.41) is 3.62. The van der Waals surface area contributed by atoms with Gasteiger partial charge in [-0.25, -0.2) is 0 Å². The van der Waals surface area contributed by atoms with Crippen LogP contribution in [0.1, 0.15) is 32.6 Å². The van der Waals surface area contributed by atoms with Crippen LogP contribution in [0.25, 0.3) is 0 Å². The molecule has 0 aromatic carbocycles. The maximum Gasteiger partial charge on any atom is 0.0710 e. The van der Waals surface area contributed by atoms with Crippen LogP contribution in [-0.2, 0) is 4.74 Å². The third-order valence-electron chi connectivity index (χ3n) is 3.92. The Morgan fingerprint density at radius 3 is 2.87 bits per heavy atom. The maximum absolute atomic E-state index is 5.43. The monoisotopic (exact) mass is 212 g/mol. The summed E-state index contributed by atoms with van der Waals surface area (Å²) in [6.07, 6.45) is 5.80. The van der Waals surface area contributed by atoms with Gasteiger partial charge in [0.1, 0.15) is 0 Å². The standard InChI is InChI=1S/C12H24N2O/c1-3-13-11-5-4-6-12(11)14-8-7-10(9-14)15-2/h10-13H,3-9H2,1-2H3. The van der Waals surface area contributed by atoms with Crippen LogP contribution in [-0.4, -0.2) is 49.8 Å². The SMILES string of the molecule is CCNC1CCCC1N1CCC(OC)C1. The molecule has 1 aliphatic carbocycles. The molecule has 3 unspecified atom stereocenters. The molecular weight excluding hydrogens is 188 g/mol. The molecule has 0 radical (unpaired) electrons. The third kappa shape index (κ3) is 2.52. The molecule has 0 aromatic heterocycles. The van der Waals surface area contributed by atoms with Crippen molar-refractivity contribution in [1.29, 1.82) is 0 Å². The van der Waals surface area contributed by atoms with Gasteiger partial charge in [0.05, 0.1) is 6.10 Å². The van der Waals surface area contributed by atoms with E-state index in [9.17, 15) is 0 Å². The first kappa shape index (κ1) is 11.4. The molecule has 3 atom stereocenters. The summed E-state index contributed by atoms with van der Waals surface area (Å²) in [5.41, 5.74) is 0. The number of methoxy groups -OCH3 is 1. The van der Waals surface area contributed by atoms with Crippen molar-refractivity contribution >= 4 is 0 Å². The van der Waals surface area contributed by atoms with Gasteiger partial charge in [-0.15, -0.1) is 0 Å². The fraction of sp³-hybridized carbons (Fsp3) is 1.00. The van der Waals surface area contributed by atoms with E-state index in [1.54, 1.807) is 0 Å². The second kappa shape index (κ2) is 5.28. The highest BCUT2D eigenvalue weighted by atomic mass is 16.5. The third-order valence-corrected chi connectivity index (χ3v) is 3.92. The molecule has 1 saturated carbocycles. The van der Waals surface area contributed by atoms with Gasteiger partial charge < -0.3 is 10.1 Å². The topological polar surface area (TPSA) is 24.5 Å². The quantitative estimate of drug-likeness (QED) is 0.759. The molecule has 1 saturated heterocycles. The van der Waals surface area contributed by atoms with Crippen LogP contribution in [0.4, 0.5) is 0 Å². The van der Waals surface area contributed by atoms with Gasteiger partial charge in [0, 0.05) is 32.3 Å². The number of rotatable bonds is 4. The Balaban J connectivity index is 1.87. The van der Waals surface area contributed by atoms with Gasteiger partial charge in [0.25, 0.3) is 0 Å². The van der Waals surface area contributed by atoms with E-state index in [1.165, 1.54) is 32.2 Å². The Hall–Kier alpha value is -0.120. The number of nitrogens with one attached hydrogen (secondary N) is 1. The van der Waals surface area contributed by atoms with Crippen LogP contribution >= 0.6 is 0 Å². The van der Waals surface area contributed by atoms with Crippen molar-refractivity contribution < 1.29 is 4.74 Å². The molecule has 3 heteroatoms. The summed E-state index contributed by atoms with van der Waals surface area (Å²) in [4.78, 5) is 2.63. The van der Waals surface area contributed by atoms with E-state index in [1.807, 2.05) is 7.11 Å². The van der Waals surface area contributed by atoms with Gasteiger partial charge >= 0.3 is 0 Å². The lowest BCUT2D eigenvalue weighted by atomic mass is 10.1. The molecule has 1 heterocycles. The zero-order chi connectivity index (χ0) is 10.7. The Bertz CT molecular complexity index is 198. The largest absolute Gasteiger partial charge is 0.380 e. The first-order chi connectivity index (χ1) is 7.35. The predicted octanol–water partition coefficient (Wildman–Crippen LogP) is 1.24. The van der Waals surface area contributed by atoms with Gasteiger partial charge in [-0.2, -0.15) is 0 Å². The van der Waals surface area contributed by atoms with Gasteiger partial charge in [-0.05, 0) is 25.8 Å². The molecule has 0 aromatic rings. The van der Waals surface area contributed by atoms with Crippen LogP contribution in [0, 0.1) is 0 Å². The summed E-state index contributed by atoms with van der Waals surface area (Å²) in [7, 11) is 1.84. The number of hydrogen-bond donors (Lipinski definition) is 1. The van der Waals surface area contributed by atoms with Crippen molar-refractivity contribution in [2.75, 3.05) is 26.7 Å². The van der Waals surface area contributed by atoms with Crippen LogP contribution in [0.3, 0.4) is 0 Å². The average Bonchev–Trinajstić information content (AvgIpc) is 2.85. The van der Waals surface area contributed by atoms with E-state index in [2.05, 4.69) is 17.1 Å². The lowest BCUT2D eigenvalue weighted by Crippen LogP contribution is -2.46. The van der Waals surface area contributed by atoms with Crippen LogP contribution in [0.2, 0.25) is 0 Å². The molecule has 1 N–H and O–H groups in total. The minimum Gasteiger partial charge on any atom is -0.380 e. The Morgan fingerprint density at radius 2 is 2.20 bits per heavy atom. The minimum atomic E-state index is 0.480. The Kier molecular flexibility index (Phi) is 4.00. The smallest absolute Gasteiger partial charge is 0.0710 e. The fourth-order valence-corrected chi connectivity index (χ4v) is 3.13. The van der Waals surface area contributed by atoms with Crippen LogP contribution < -0.4 is 5.32 Å². The van der Waals surface area contributed by atoms with Gasteiger partial charge in [-0.1, -0.05) is 13.3 Å². The second-order valence-electron chi connectivity index (χ2n) is 4.80. The summed E-state index contributed by atoms with van der Waals surface area (Å²) in [6, 6.07) is 1.50. The first-order valence-electron chi connectivity index (χ1n) is 6.35. The molecule has 15 heavy (non-hydrogen) atoms. The summed E-state index contributed by atoms with van der Waals surface area (Å²) in [6.45, 7) is 5.67. The van der Waals surface area contributed by atoms with Gasteiger partial charge in [0.2, 0.25) is 0 Å². The second-order valence-corrected chi connectivity index (χ2v) is 4.80. The van der Waals surface area contributed by atoms with Crippen molar-refractivity contribution in [3.63, 3.8) is 0 Å². The normalized spacial score (nSPS) is 37.6. The average molecular weight is 212 g/mol.